The number of benzene rings is 1. The van der Waals surface area contributed by atoms with Crippen LogP contribution in [0.1, 0.15) is 17.5 Å². The normalized spacial score (nSPS) is 17.9. The number of aromatic nitrogens is 2. The van der Waals surface area contributed by atoms with Gasteiger partial charge in [0.2, 0.25) is 0 Å². The number of hydrogen-bond acceptors (Lipinski definition) is 6. The van der Waals surface area contributed by atoms with Crippen molar-refractivity contribution in [3.05, 3.63) is 47.1 Å². The number of fused-ring (bicyclic) bond motifs is 1. The van der Waals surface area contributed by atoms with E-state index >= 15 is 0 Å². The van der Waals surface area contributed by atoms with Crippen LogP contribution < -0.4 is 10.1 Å². The third kappa shape index (κ3) is 3.45. The predicted octanol–water partition coefficient (Wildman–Crippen LogP) is 3.69. The molecule has 1 N–H and O–H groups in total. The average Bonchev–Trinajstić information content (AvgIpc) is 3.22. The number of likely N-dealkylation sites (tertiary alicyclic amines) is 1. The topological polar surface area (TPSA) is 50.3 Å². The fourth-order valence-corrected chi connectivity index (χ4v) is 4.33. The van der Waals surface area contributed by atoms with Crippen LogP contribution >= 0.6 is 11.3 Å². The molecule has 5 nitrogen and oxygen atoms in total. The predicted molar refractivity (Wildman–Crippen MR) is 102 cm³/mol. The van der Waals surface area contributed by atoms with E-state index in [2.05, 4.69) is 50.7 Å². The molecular formula is C19H22N4OS. The maximum atomic E-state index is 5.32. The number of ether oxygens (including phenoxy) is 1. The molecule has 0 radical (unpaired) electrons. The minimum Gasteiger partial charge on any atom is -0.497 e. The lowest BCUT2D eigenvalue weighted by atomic mass is 10.2. The molecule has 0 saturated carbocycles. The van der Waals surface area contributed by atoms with Crippen LogP contribution in [0.25, 0.3) is 10.2 Å². The summed E-state index contributed by atoms with van der Waals surface area (Å²) >= 11 is 1.68. The van der Waals surface area contributed by atoms with Gasteiger partial charge in [0.1, 0.15) is 22.7 Å². The zero-order valence-electron chi connectivity index (χ0n) is 14.5. The molecule has 6 heteroatoms. The highest BCUT2D eigenvalue weighted by Gasteiger charge is 2.23. The van der Waals surface area contributed by atoms with Gasteiger partial charge in [0, 0.05) is 25.7 Å². The number of rotatable bonds is 5. The molecule has 4 rings (SSSR count). The summed E-state index contributed by atoms with van der Waals surface area (Å²) in [4.78, 5) is 12.4. The van der Waals surface area contributed by atoms with Crippen molar-refractivity contribution < 1.29 is 4.74 Å². The molecule has 0 spiro atoms. The Morgan fingerprint density at radius 1 is 1.36 bits per heavy atom. The summed E-state index contributed by atoms with van der Waals surface area (Å²) in [6, 6.07) is 8.73. The van der Waals surface area contributed by atoms with Crippen molar-refractivity contribution in [2.24, 2.45) is 0 Å². The first-order valence-corrected chi connectivity index (χ1v) is 9.41. The van der Waals surface area contributed by atoms with Crippen molar-refractivity contribution in [1.82, 2.24) is 14.9 Å². The number of nitrogens with one attached hydrogen (secondary N) is 1. The van der Waals surface area contributed by atoms with Crippen LogP contribution in [0, 0.1) is 6.92 Å². The SMILES string of the molecule is COc1cccc(CN2CCC(Nc3ncnc4scc(C)c34)C2)c1. The third-order valence-corrected chi connectivity index (χ3v) is 5.71. The van der Waals surface area contributed by atoms with Crippen LogP contribution in [0.4, 0.5) is 5.82 Å². The van der Waals surface area contributed by atoms with E-state index in [1.165, 1.54) is 16.5 Å². The first-order chi connectivity index (χ1) is 12.2. The number of aryl methyl sites for hydroxylation is 1. The van der Waals surface area contributed by atoms with E-state index in [9.17, 15) is 0 Å². The fraction of sp³-hybridized carbons (Fsp3) is 0.368. The Balaban J connectivity index is 1.43. The van der Waals surface area contributed by atoms with Crippen LogP contribution in [0.5, 0.6) is 5.75 Å². The highest BCUT2D eigenvalue weighted by molar-refractivity contribution is 7.17. The van der Waals surface area contributed by atoms with Crippen molar-refractivity contribution in [2.45, 2.75) is 25.9 Å². The molecule has 1 atom stereocenters. The van der Waals surface area contributed by atoms with Crippen molar-refractivity contribution in [1.29, 1.82) is 0 Å². The highest BCUT2D eigenvalue weighted by Crippen LogP contribution is 2.29. The standard InChI is InChI=1S/C19H22N4OS/c1-13-11-25-19-17(13)18(20-12-21-19)22-15-6-7-23(10-15)9-14-4-3-5-16(8-14)24-2/h3-5,8,11-12,15H,6-7,9-10H2,1-2H3,(H,20,21,22). The summed E-state index contributed by atoms with van der Waals surface area (Å²) in [6.45, 7) is 5.18. The zero-order valence-corrected chi connectivity index (χ0v) is 15.3. The van der Waals surface area contributed by atoms with Gasteiger partial charge in [-0.25, -0.2) is 9.97 Å². The molecule has 1 aromatic carbocycles. The van der Waals surface area contributed by atoms with Crippen LogP contribution in [0.15, 0.2) is 36.0 Å². The first-order valence-electron chi connectivity index (χ1n) is 8.53. The van der Waals surface area contributed by atoms with E-state index in [1.807, 2.05) is 6.07 Å². The molecule has 0 bridgehead atoms. The maximum Gasteiger partial charge on any atom is 0.138 e. The molecule has 1 unspecified atom stereocenters. The van der Waals surface area contributed by atoms with Gasteiger partial charge in [0.05, 0.1) is 12.5 Å². The van der Waals surface area contributed by atoms with Crippen molar-refractivity contribution >= 4 is 27.4 Å². The number of hydrogen-bond donors (Lipinski definition) is 1. The van der Waals surface area contributed by atoms with E-state index < -0.39 is 0 Å². The van der Waals surface area contributed by atoms with Gasteiger partial charge in [-0.1, -0.05) is 12.1 Å². The van der Waals surface area contributed by atoms with Gasteiger partial charge >= 0.3 is 0 Å². The molecular weight excluding hydrogens is 332 g/mol. The number of anilines is 1. The zero-order chi connectivity index (χ0) is 17.2. The maximum absolute atomic E-state index is 5.32. The molecule has 0 aliphatic carbocycles. The highest BCUT2D eigenvalue weighted by atomic mass is 32.1. The fourth-order valence-electron chi connectivity index (χ4n) is 3.44. The second-order valence-corrected chi connectivity index (χ2v) is 7.40. The molecule has 2 aromatic heterocycles. The summed E-state index contributed by atoms with van der Waals surface area (Å²) in [5.41, 5.74) is 2.53. The summed E-state index contributed by atoms with van der Waals surface area (Å²) in [6.07, 6.45) is 2.78. The van der Waals surface area contributed by atoms with Gasteiger partial charge in [-0.3, -0.25) is 4.90 Å². The van der Waals surface area contributed by atoms with Gasteiger partial charge in [-0.2, -0.15) is 0 Å². The van der Waals surface area contributed by atoms with Crippen LogP contribution in [-0.4, -0.2) is 41.1 Å². The molecule has 0 amide bonds. The number of nitrogens with zero attached hydrogens (tertiary/aromatic N) is 3. The second-order valence-electron chi connectivity index (χ2n) is 6.54. The Hall–Kier alpha value is -2.18. The summed E-state index contributed by atoms with van der Waals surface area (Å²) in [5.74, 6) is 1.89. The van der Waals surface area contributed by atoms with Crippen molar-refractivity contribution in [2.75, 3.05) is 25.5 Å². The molecule has 3 aromatic rings. The summed E-state index contributed by atoms with van der Waals surface area (Å²) in [7, 11) is 1.71. The van der Waals surface area contributed by atoms with Gasteiger partial charge < -0.3 is 10.1 Å². The average molecular weight is 354 g/mol. The molecule has 130 valence electrons. The van der Waals surface area contributed by atoms with Gasteiger partial charge in [-0.15, -0.1) is 11.3 Å². The Kier molecular flexibility index (Phi) is 4.55. The lowest BCUT2D eigenvalue weighted by molar-refractivity contribution is 0.327. The van der Waals surface area contributed by atoms with Gasteiger partial charge in [0.25, 0.3) is 0 Å². The Morgan fingerprint density at radius 2 is 2.28 bits per heavy atom. The lowest BCUT2D eigenvalue weighted by Crippen LogP contribution is -2.26. The smallest absolute Gasteiger partial charge is 0.138 e. The van der Waals surface area contributed by atoms with E-state index in [4.69, 9.17) is 4.74 Å². The lowest BCUT2D eigenvalue weighted by Gasteiger charge is -2.18. The molecule has 1 aliphatic heterocycles. The molecule has 1 saturated heterocycles. The number of methoxy groups -OCH3 is 1. The van der Waals surface area contributed by atoms with Crippen molar-refractivity contribution in [3.8, 4) is 5.75 Å². The summed E-state index contributed by atoms with van der Waals surface area (Å²) < 4.78 is 5.32. The molecule has 3 heterocycles. The minimum absolute atomic E-state index is 0.419. The quantitative estimate of drug-likeness (QED) is 0.757. The summed E-state index contributed by atoms with van der Waals surface area (Å²) in [5, 5.41) is 6.95. The van der Waals surface area contributed by atoms with Crippen LogP contribution in [0.3, 0.4) is 0 Å². The van der Waals surface area contributed by atoms with Gasteiger partial charge in [-0.05, 0) is 42.0 Å². The largest absolute Gasteiger partial charge is 0.497 e. The monoisotopic (exact) mass is 354 g/mol. The van der Waals surface area contributed by atoms with E-state index in [0.29, 0.717) is 6.04 Å². The van der Waals surface area contributed by atoms with Crippen LogP contribution in [-0.2, 0) is 6.54 Å². The van der Waals surface area contributed by atoms with E-state index in [0.717, 1.165) is 42.5 Å². The van der Waals surface area contributed by atoms with Crippen molar-refractivity contribution in [3.63, 3.8) is 0 Å². The van der Waals surface area contributed by atoms with E-state index in [1.54, 1.807) is 24.8 Å². The molecule has 1 fully saturated rings. The first kappa shape index (κ1) is 16.3. The van der Waals surface area contributed by atoms with E-state index in [-0.39, 0.29) is 0 Å². The Bertz CT molecular complexity index is 879. The number of thiophene rings is 1. The Labute approximate surface area is 151 Å². The molecule has 1 aliphatic rings. The third-order valence-electron chi connectivity index (χ3n) is 4.71. The minimum atomic E-state index is 0.419. The Morgan fingerprint density at radius 3 is 3.16 bits per heavy atom. The molecule has 25 heavy (non-hydrogen) atoms. The van der Waals surface area contributed by atoms with Crippen LogP contribution in [0.2, 0.25) is 0 Å². The van der Waals surface area contributed by atoms with Gasteiger partial charge in [0.15, 0.2) is 0 Å². The second kappa shape index (κ2) is 6.98.